The van der Waals surface area contributed by atoms with E-state index in [0.29, 0.717) is 18.1 Å². The minimum atomic E-state index is -0.494. The summed E-state index contributed by atoms with van der Waals surface area (Å²) in [7, 11) is 0. The average molecular weight is 390 g/mol. The first kappa shape index (κ1) is 20.0. The number of nitrogens with zero attached hydrogens (tertiary/aromatic N) is 2. The molecule has 2 N–H and O–H groups in total. The Morgan fingerprint density at radius 3 is 2.66 bits per heavy atom. The van der Waals surface area contributed by atoms with Gasteiger partial charge in [-0.2, -0.15) is 0 Å². The molecular weight excluding hydrogens is 368 g/mol. The number of para-hydroxylation sites is 1. The number of aryl methyl sites for hydroxylation is 1. The topological polar surface area (TPSA) is 93.2 Å². The van der Waals surface area contributed by atoms with Crippen LogP contribution in [0.15, 0.2) is 60.9 Å². The van der Waals surface area contributed by atoms with E-state index in [0.717, 1.165) is 5.56 Å². The number of aromatic nitrogens is 2. The van der Waals surface area contributed by atoms with Gasteiger partial charge in [-0.15, -0.1) is 0 Å². The molecule has 0 unspecified atom stereocenters. The third-order valence-electron chi connectivity index (χ3n) is 4.13. The van der Waals surface area contributed by atoms with Crippen molar-refractivity contribution in [2.24, 2.45) is 0 Å². The van der Waals surface area contributed by atoms with Crippen molar-refractivity contribution in [3.8, 4) is 0 Å². The molecule has 1 heterocycles. The molecule has 2 aromatic carbocycles. The quantitative estimate of drug-likeness (QED) is 0.596. The van der Waals surface area contributed by atoms with Gasteiger partial charge in [0.25, 0.3) is 5.91 Å². The second kappa shape index (κ2) is 9.45. The van der Waals surface area contributed by atoms with E-state index >= 15 is 0 Å². The number of amides is 1. The Labute approximate surface area is 169 Å². The van der Waals surface area contributed by atoms with E-state index in [2.05, 4.69) is 26.7 Å². The zero-order chi connectivity index (χ0) is 20.6. The van der Waals surface area contributed by atoms with Crippen LogP contribution in [0.4, 0.5) is 11.5 Å². The van der Waals surface area contributed by atoms with E-state index in [4.69, 9.17) is 4.74 Å². The lowest BCUT2D eigenvalue weighted by atomic mass is 10.1. The number of benzene rings is 2. The summed E-state index contributed by atoms with van der Waals surface area (Å²) >= 11 is 0. The molecule has 0 saturated carbocycles. The van der Waals surface area contributed by atoms with Crippen LogP contribution in [-0.2, 0) is 11.3 Å². The van der Waals surface area contributed by atoms with E-state index in [-0.39, 0.29) is 17.9 Å². The summed E-state index contributed by atoms with van der Waals surface area (Å²) in [6.07, 6.45) is 1.32. The number of esters is 1. The Balaban J connectivity index is 1.71. The number of carbonyl (C=O) groups is 2. The van der Waals surface area contributed by atoms with Gasteiger partial charge in [0.1, 0.15) is 17.8 Å². The summed E-state index contributed by atoms with van der Waals surface area (Å²) < 4.78 is 5.03. The van der Waals surface area contributed by atoms with Crippen molar-refractivity contribution in [1.29, 1.82) is 0 Å². The second-order valence-electron chi connectivity index (χ2n) is 6.35. The first-order chi connectivity index (χ1) is 14.1. The summed E-state index contributed by atoms with van der Waals surface area (Å²) in [5.74, 6) is -0.403. The first-order valence-corrected chi connectivity index (χ1v) is 9.25. The van der Waals surface area contributed by atoms with E-state index in [9.17, 15) is 9.59 Å². The summed E-state index contributed by atoms with van der Waals surface area (Å²) in [5.41, 5.74) is 3.12. The van der Waals surface area contributed by atoms with Crippen LogP contribution in [0.2, 0.25) is 0 Å². The molecule has 0 radical (unpaired) electrons. The molecule has 148 valence electrons. The zero-order valence-electron chi connectivity index (χ0n) is 16.3. The van der Waals surface area contributed by atoms with Crippen molar-refractivity contribution in [2.45, 2.75) is 20.4 Å². The van der Waals surface area contributed by atoms with Gasteiger partial charge >= 0.3 is 5.97 Å². The predicted molar refractivity (Wildman–Crippen MR) is 111 cm³/mol. The molecular formula is C22H22N4O3. The van der Waals surface area contributed by atoms with Crippen LogP contribution in [0.3, 0.4) is 0 Å². The van der Waals surface area contributed by atoms with Gasteiger partial charge in [-0.3, -0.25) is 4.79 Å². The summed E-state index contributed by atoms with van der Waals surface area (Å²) in [6, 6.07) is 16.4. The van der Waals surface area contributed by atoms with E-state index < -0.39 is 11.9 Å². The van der Waals surface area contributed by atoms with Crippen molar-refractivity contribution in [3.05, 3.63) is 83.3 Å². The van der Waals surface area contributed by atoms with Crippen LogP contribution >= 0.6 is 0 Å². The Bertz CT molecular complexity index is 1020. The maximum atomic E-state index is 12.6. The van der Waals surface area contributed by atoms with Crippen LogP contribution < -0.4 is 10.6 Å². The number of ether oxygens (including phenoxy) is 1. The molecule has 1 aromatic heterocycles. The average Bonchev–Trinajstić information content (AvgIpc) is 2.73. The summed E-state index contributed by atoms with van der Waals surface area (Å²) in [6.45, 7) is 4.59. The van der Waals surface area contributed by atoms with Crippen molar-refractivity contribution in [2.75, 3.05) is 17.2 Å². The Hall–Kier alpha value is -3.74. The van der Waals surface area contributed by atoms with Crippen LogP contribution in [0, 0.1) is 6.92 Å². The van der Waals surface area contributed by atoms with Gasteiger partial charge in [0.15, 0.2) is 0 Å². The monoisotopic (exact) mass is 390 g/mol. The van der Waals surface area contributed by atoms with Crippen molar-refractivity contribution >= 4 is 23.4 Å². The normalized spacial score (nSPS) is 10.3. The van der Waals surface area contributed by atoms with Gasteiger partial charge in [0.05, 0.1) is 17.9 Å². The molecule has 0 spiro atoms. The lowest BCUT2D eigenvalue weighted by Crippen LogP contribution is -2.17. The molecule has 29 heavy (non-hydrogen) atoms. The molecule has 7 heteroatoms. The molecule has 0 bridgehead atoms. The highest BCUT2D eigenvalue weighted by molar-refractivity contribution is 6.07. The van der Waals surface area contributed by atoms with Crippen LogP contribution in [-0.4, -0.2) is 28.5 Å². The Morgan fingerprint density at radius 2 is 1.86 bits per heavy atom. The number of anilines is 2. The Morgan fingerprint density at radius 1 is 1.03 bits per heavy atom. The van der Waals surface area contributed by atoms with Gasteiger partial charge in [-0.25, -0.2) is 14.8 Å². The van der Waals surface area contributed by atoms with Crippen LogP contribution in [0.1, 0.15) is 38.9 Å². The predicted octanol–water partition coefficient (Wildman–Crippen LogP) is 3.83. The van der Waals surface area contributed by atoms with Gasteiger partial charge in [-0.1, -0.05) is 42.0 Å². The smallest absolute Gasteiger partial charge is 0.340 e. The largest absolute Gasteiger partial charge is 0.462 e. The van der Waals surface area contributed by atoms with E-state index in [1.165, 1.54) is 11.9 Å². The standard InChI is InChI=1S/C22H22N4O3/c1-3-29-22(28)17-9-4-5-10-18(17)26-21(27)19-12-20(25-14-24-19)23-13-16-8-6-7-15(2)11-16/h4-12,14H,3,13H2,1-2H3,(H,26,27)(H,23,24,25). The molecule has 0 saturated heterocycles. The molecule has 0 atom stereocenters. The molecule has 0 aliphatic rings. The summed E-state index contributed by atoms with van der Waals surface area (Å²) in [4.78, 5) is 32.9. The SMILES string of the molecule is CCOC(=O)c1ccccc1NC(=O)c1cc(NCc2cccc(C)c2)ncn1. The van der Waals surface area contributed by atoms with Gasteiger partial charge in [-0.05, 0) is 31.5 Å². The highest BCUT2D eigenvalue weighted by atomic mass is 16.5. The highest BCUT2D eigenvalue weighted by Gasteiger charge is 2.16. The van der Waals surface area contributed by atoms with E-state index in [1.807, 2.05) is 25.1 Å². The molecule has 3 aromatic rings. The summed E-state index contributed by atoms with van der Waals surface area (Å²) in [5, 5.41) is 5.91. The molecule has 3 rings (SSSR count). The van der Waals surface area contributed by atoms with Crippen molar-refractivity contribution < 1.29 is 14.3 Å². The van der Waals surface area contributed by atoms with Crippen molar-refractivity contribution in [3.63, 3.8) is 0 Å². The lowest BCUT2D eigenvalue weighted by Gasteiger charge is -2.11. The lowest BCUT2D eigenvalue weighted by molar-refractivity contribution is 0.0527. The fraction of sp³-hybridized carbons (Fsp3) is 0.182. The third-order valence-corrected chi connectivity index (χ3v) is 4.13. The van der Waals surface area contributed by atoms with Gasteiger partial charge < -0.3 is 15.4 Å². The zero-order valence-corrected chi connectivity index (χ0v) is 16.3. The number of carbonyl (C=O) groups excluding carboxylic acids is 2. The number of nitrogens with one attached hydrogen (secondary N) is 2. The second-order valence-corrected chi connectivity index (χ2v) is 6.35. The minimum absolute atomic E-state index is 0.186. The molecule has 0 fully saturated rings. The fourth-order valence-electron chi connectivity index (χ4n) is 2.76. The first-order valence-electron chi connectivity index (χ1n) is 9.25. The number of hydrogen-bond donors (Lipinski definition) is 2. The molecule has 1 amide bonds. The van der Waals surface area contributed by atoms with Crippen LogP contribution in [0.25, 0.3) is 0 Å². The van der Waals surface area contributed by atoms with Gasteiger partial charge in [0, 0.05) is 12.6 Å². The molecule has 0 aliphatic carbocycles. The maximum absolute atomic E-state index is 12.6. The minimum Gasteiger partial charge on any atom is -0.462 e. The van der Waals surface area contributed by atoms with Crippen LogP contribution in [0.5, 0.6) is 0 Å². The fourth-order valence-corrected chi connectivity index (χ4v) is 2.76. The number of rotatable bonds is 7. The highest BCUT2D eigenvalue weighted by Crippen LogP contribution is 2.18. The maximum Gasteiger partial charge on any atom is 0.340 e. The number of hydrogen-bond acceptors (Lipinski definition) is 6. The van der Waals surface area contributed by atoms with Gasteiger partial charge in [0.2, 0.25) is 0 Å². The Kier molecular flexibility index (Phi) is 6.52. The molecule has 0 aliphatic heterocycles. The molecule has 7 nitrogen and oxygen atoms in total. The third kappa shape index (κ3) is 5.38. The van der Waals surface area contributed by atoms with Crippen molar-refractivity contribution in [1.82, 2.24) is 9.97 Å². The van der Waals surface area contributed by atoms with E-state index in [1.54, 1.807) is 37.3 Å².